The first-order chi connectivity index (χ1) is 8.20. The van der Waals surface area contributed by atoms with Crippen molar-refractivity contribution in [3.63, 3.8) is 0 Å². The second-order valence-electron chi connectivity index (χ2n) is 4.99. The second-order valence-corrected chi connectivity index (χ2v) is 4.99. The Morgan fingerprint density at radius 3 is 2.12 bits per heavy atom. The predicted molar refractivity (Wildman–Crippen MR) is 65.3 cm³/mol. The summed E-state index contributed by atoms with van der Waals surface area (Å²) in [6.07, 6.45) is 7.45. The van der Waals surface area contributed by atoms with E-state index in [1.54, 1.807) is 0 Å². The molecule has 2 amide bonds. The summed E-state index contributed by atoms with van der Waals surface area (Å²) in [5.74, 6) is 0.241. The topological polar surface area (TPSA) is 58.2 Å². The third kappa shape index (κ3) is 3.32. The van der Waals surface area contributed by atoms with Crippen molar-refractivity contribution in [2.24, 2.45) is 5.92 Å². The van der Waals surface area contributed by atoms with Crippen LogP contribution in [-0.4, -0.2) is 23.9 Å². The Bertz CT molecular complexity index is 323. The van der Waals surface area contributed by atoms with Gasteiger partial charge >= 0.3 is 0 Å². The summed E-state index contributed by atoms with van der Waals surface area (Å²) in [7, 11) is 0. The van der Waals surface area contributed by atoms with Crippen LogP contribution in [0.2, 0.25) is 0 Å². The molecule has 2 aliphatic rings. The number of rotatable bonds is 4. The van der Waals surface area contributed by atoms with Crippen LogP contribution in [0.15, 0.2) is 12.7 Å². The van der Waals surface area contributed by atoms with E-state index in [9.17, 15) is 9.59 Å². The molecule has 2 saturated carbocycles. The summed E-state index contributed by atoms with van der Waals surface area (Å²) in [6, 6.07) is 0.165. The molecule has 0 aromatic heterocycles. The predicted octanol–water partition coefficient (Wildman–Crippen LogP) is 1.13. The molecule has 0 saturated heterocycles. The fourth-order valence-corrected chi connectivity index (χ4v) is 2.36. The molecule has 2 fully saturated rings. The Morgan fingerprint density at radius 2 is 1.59 bits per heavy atom. The Balaban J connectivity index is 1.88. The number of amides is 2. The minimum Gasteiger partial charge on any atom is -0.351 e. The molecular weight excluding hydrogens is 216 g/mol. The van der Waals surface area contributed by atoms with Crippen LogP contribution in [-0.2, 0) is 9.59 Å². The van der Waals surface area contributed by atoms with Gasteiger partial charge in [-0.15, -0.1) is 0 Å². The van der Waals surface area contributed by atoms with E-state index in [4.69, 9.17) is 0 Å². The average Bonchev–Trinajstić information content (AvgIpc) is 3.15. The highest BCUT2D eigenvalue weighted by Gasteiger charge is 2.34. The molecule has 0 aromatic carbocycles. The van der Waals surface area contributed by atoms with E-state index in [0.29, 0.717) is 0 Å². The molecule has 4 heteroatoms. The van der Waals surface area contributed by atoms with Crippen molar-refractivity contribution < 1.29 is 9.59 Å². The van der Waals surface area contributed by atoms with Crippen LogP contribution in [0.3, 0.4) is 0 Å². The Hall–Kier alpha value is -1.32. The van der Waals surface area contributed by atoms with Gasteiger partial charge in [-0.3, -0.25) is 9.59 Å². The second kappa shape index (κ2) is 5.34. The Morgan fingerprint density at radius 1 is 1.00 bits per heavy atom. The normalized spacial score (nSPS) is 28.2. The molecule has 4 nitrogen and oxygen atoms in total. The first-order valence-corrected chi connectivity index (χ1v) is 6.44. The summed E-state index contributed by atoms with van der Waals surface area (Å²) in [4.78, 5) is 23.0. The summed E-state index contributed by atoms with van der Waals surface area (Å²) in [5.41, 5.74) is 0. The Kier molecular flexibility index (Phi) is 3.82. The van der Waals surface area contributed by atoms with Crippen molar-refractivity contribution in [1.82, 2.24) is 10.6 Å². The van der Waals surface area contributed by atoms with Crippen molar-refractivity contribution in [1.29, 1.82) is 0 Å². The lowest BCUT2D eigenvalue weighted by atomic mass is 9.90. The molecule has 2 N–H and O–H groups in total. The average molecular weight is 236 g/mol. The smallest absolute Gasteiger partial charge is 0.243 e. The number of hydrogen-bond acceptors (Lipinski definition) is 2. The van der Waals surface area contributed by atoms with Gasteiger partial charge in [-0.2, -0.15) is 0 Å². The third-order valence-corrected chi connectivity index (χ3v) is 3.55. The van der Waals surface area contributed by atoms with Gasteiger partial charge in [0.15, 0.2) is 0 Å². The van der Waals surface area contributed by atoms with E-state index in [-0.39, 0.29) is 29.8 Å². The summed E-state index contributed by atoms with van der Waals surface area (Å²) in [5, 5.41) is 5.98. The zero-order valence-corrected chi connectivity index (χ0v) is 10.1. The van der Waals surface area contributed by atoms with E-state index < -0.39 is 0 Å². The first-order valence-electron chi connectivity index (χ1n) is 6.44. The van der Waals surface area contributed by atoms with Gasteiger partial charge in [-0.05, 0) is 31.8 Å². The monoisotopic (exact) mass is 236 g/mol. The third-order valence-electron chi connectivity index (χ3n) is 3.55. The van der Waals surface area contributed by atoms with E-state index >= 15 is 0 Å². The van der Waals surface area contributed by atoms with Crippen molar-refractivity contribution in [2.45, 2.75) is 50.6 Å². The van der Waals surface area contributed by atoms with Crippen LogP contribution in [0.4, 0.5) is 0 Å². The van der Waals surface area contributed by atoms with Crippen molar-refractivity contribution in [3.05, 3.63) is 12.7 Å². The number of carbonyl (C=O) groups is 2. The zero-order valence-electron chi connectivity index (χ0n) is 10.1. The molecule has 0 aromatic rings. The fraction of sp³-hybridized carbons (Fsp3) is 0.692. The van der Waals surface area contributed by atoms with Crippen LogP contribution in [0.1, 0.15) is 38.5 Å². The molecule has 2 unspecified atom stereocenters. The molecule has 2 atom stereocenters. The molecule has 0 heterocycles. The van der Waals surface area contributed by atoms with Gasteiger partial charge in [0.1, 0.15) is 0 Å². The van der Waals surface area contributed by atoms with Gasteiger partial charge in [0.2, 0.25) is 11.8 Å². The van der Waals surface area contributed by atoms with Gasteiger partial charge in [0.05, 0.1) is 0 Å². The molecule has 0 bridgehead atoms. The van der Waals surface area contributed by atoms with E-state index in [0.717, 1.165) is 38.5 Å². The van der Waals surface area contributed by atoms with Crippen LogP contribution in [0.5, 0.6) is 0 Å². The lowest BCUT2D eigenvalue weighted by Gasteiger charge is -2.32. The molecule has 94 valence electrons. The summed E-state index contributed by atoms with van der Waals surface area (Å²) in [6.45, 7) is 3.45. The molecule has 17 heavy (non-hydrogen) atoms. The molecule has 0 radical (unpaired) electrons. The van der Waals surface area contributed by atoms with Gasteiger partial charge in [-0.1, -0.05) is 19.4 Å². The van der Waals surface area contributed by atoms with Gasteiger partial charge in [0, 0.05) is 18.0 Å². The lowest BCUT2D eigenvalue weighted by Crippen LogP contribution is -2.53. The van der Waals surface area contributed by atoms with Crippen molar-refractivity contribution in [3.8, 4) is 0 Å². The van der Waals surface area contributed by atoms with Gasteiger partial charge in [0.25, 0.3) is 0 Å². The minimum absolute atomic E-state index is 0.0666. The number of carbonyl (C=O) groups excluding carboxylic acids is 2. The lowest BCUT2D eigenvalue weighted by molar-refractivity contribution is -0.124. The van der Waals surface area contributed by atoms with E-state index in [2.05, 4.69) is 17.2 Å². The highest BCUT2D eigenvalue weighted by molar-refractivity contribution is 5.87. The maximum absolute atomic E-state index is 11.7. The quantitative estimate of drug-likeness (QED) is 0.719. The van der Waals surface area contributed by atoms with Crippen LogP contribution < -0.4 is 10.6 Å². The molecule has 0 aliphatic heterocycles. The highest BCUT2D eigenvalue weighted by Crippen LogP contribution is 2.29. The van der Waals surface area contributed by atoms with Gasteiger partial charge < -0.3 is 10.6 Å². The number of hydrogen-bond donors (Lipinski definition) is 2. The number of nitrogens with one attached hydrogen (secondary N) is 2. The molecule has 2 rings (SSSR count). The Labute approximate surface area is 102 Å². The molecule has 0 spiro atoms. The maximum atomic E-state index is 11.7. The standard InChI is InChI=1S/C13H20N2O2/c1-2-12(16)14-10-5-3-4-6-11(10)15-13(17)9-7-8-9/h2,9-11H,1,3-8H2,(H,14,16)(H,15,17). The first kappa shape index (κ1) is 12.1. The highest BCUT2D eigenvalue weighted by atomic mass is 16.2. The van der Waals surface area contributed by atoms with Gasteiger partial charge in [-0.25, -0.2) is 0 Å². The van der Waals surface area contributed by atoms with Crippen LogP contribution >= 0.6 is 0 Å². The minimum atomic E-state index is -0.150. The van der Waals surface area contributed by atoms with Crippen LogP contribution in [0.25, 0.3) is 0 Å². The zero-order chi connectivity index (χ0) is 12.3. The SMILES string of the molecule is C=CC(=O)NC1CCCCC1NC(=O)C1CC1. The van der Waals surface area contributed by atoms with Crippen molar-refractivity contribution in [2.75, 3.05) is 0 Å². The van der Waals surface area contributed by atoms with Crippen molar-refractivity contribution >= 4 is 11.8 Å². The van der Waals surface area contributed by atoms with Crippen LogP contribution in [0, 0.1) is 5.92 Å². The summed E-state index contributed by atoms with van der Waals surface area (Å²) >= 11 is 0. The maximum Gasteiger partial charge on any atom is 0.243 e. The van der Waals surface area contributed by atoms with E-state index in [1.807, 2.05) is 0 Å². The molecule has 2 aliphatic carbocycles. The fourth-order valence-electron chi connectivity index (χ4n) is 2.36. The molecular formula is C13H20N2O2. The van der Waals surface area contributed by atoms with E-state index in [1.165, 1.54) is 6.08 Å². The largest absolute Gasteiger partial charge is 0.351 e. The summed E-state index contributed by atoms with van der Waals surface area (Å²) < 4.78 is 0.